The summed E-state index contributed by atoms with van der Waals surface area (Å²) in [5.41, 5.74) is 3.27. The molecule has 0 aromatic heterocycles. The van der Waals surface area contributed by atoms with Crippen LogP contribution in [0.25, 0.3) is 0 Å². The van der Waals surface area contributed by atoms with Gasteiger partial charge in [0.1, 0.15) is 12.4 Å². The summed E-state index contributed by atoms with van der Waals surface area (Å²) in [4.78, 5) is 15.0. The smallest absolute Gasteiger partial charge is 0.257 e. The van der Waals surface area contributed by atoms with Crippen LogP contribution in [0, 0.1) is 5.92 Å². The largest absolute Gasteiger partial charge is 0.489 e. The molecule has 1 amide bonds. The number of carbonyl (C=O) groups is 1. The van der Waals surface area contributed by atoms with Crippen molar-refractivity contribution in [3.05, 3.63) is 88.9 Å². The van der Waals surface area contributed by atoms with Crippen molar-refractivity contribution in [3.63, 3.8) is 0 Å². The fourth-order valence-electron chi connectivity index (χ4n) is 3.90. The van der Waals surface area contributed by atoms with Crippen LogP contribution in [0.5, 0.6) is 5.75 Å². The van der Waals surface area contributed by atoms with Gasteiger partial charge < -0.3 is 15.0 Å². The number of nitrogens with zero attached hydrogens (tertiary/aromatic N) is 1. The Morgan fingerprint density at radius 1 is 1.06 bits per heavy atom. The number of benzene rings is 3. The molecule has 1 heterocycles. The highest BCUT2D eigenvalue weighted by molar-refractivity contribution is 7.80. The van der Waals surface area contributed by atoms with Crippen LogP contribution in [-0.4, -0.2) is 24.1 Å². The van der Waals surface area contributed by atoms with E-state index in [1.807, 2.05) is 54.6 Å². The van der Waals surface area contributed by atoms with Gasteiger partial charge in [0.2, 0.25) is 0 Å². The summed E-state index contributed by atoms with van der Waals surface area (Å²) >= 11 is 11.9. The molecule has 0 bridgehead atoms. The van der Waals surface area contributed by atoms with E-state index in [2.05, 4.69) is 22.5 Å². The van der Waals surface area contributed by atoms with Gasteiger partial charge in [-0.25, -0.2) is 0 Å². The van der Waals surface area contributed by atoms with Gasteiger partial charge in [-0.1, -0.05) is 54.9 Å². The molecule has 0 aliphatic carbocycles. The van der Waals surface area contributed by atoms with Gasteiger partial charge in [0.25, 0.3) is 5.91 Å². The zero-order chi connectivity index (χ0) is 23.9. The van der Waals surface area contributed by atoms with E-state index < -0.39 is 0 Å². The Labute approximate surface area is 211 Å². The summed E-state index contributed by atoms with van der Waals surface area (Å²) in [6, 6.07) is 22.7. The minimum Gasteiger partial charge on any atom is -0.489 e. The van der Waals surface area contributed by atoms with E-state index in [-0.39, 0.29) is 11.0 Å². The molecule has 0 radical (unpaired) electrons. The molecule has 1 aliphatic rings. The highest BCUT2D eigenvalue weighted by Gasteiger charge is 2.18. The molecule has 7 heteroatoms. The van der Waals surface area contributed by atoms with Crippen molar-refractivity contribution in [3.8, 4) is 5.75 Å². The summed E-state index contributed by atoms with van der Waals surface area (Å²) in [5, 5.41) is 6.64. The third kappa shape index (κ3) is 6.49. The first-order valence-electron chi connectivity index (χ1n) is 11.4. The molecule has 0 atom stereocenters. The van der Waals surface area contributed by atoms with Crippen molar-refractivity contribution in [1.29, 1.82) is 0 Å². The number of thiocarbonyl (C=S) groups is 1. The third-order valence-corrected chi connectivity index (χ3v) is 6.41. The number of ether oxygens (including phenoxy) is 1. The van der Waals surface area contributed by atoms with E-state index in [1.54, 1.807) is 18.2 Å². The average Bonchev–Trinajstić information content (AvgIpc) is 2.84. The first-order chi connectivity index (χ1) is 16.5. The van der Waals surface area contributed by atoms with Crippen LogP contribution in [0.2, 0.25) is 5.02 Å². The lowest BCUT2D eigenvalue weighted by Gasteiger charge is -2.32. The second kappa shape index (κ2) is 11.4. The molecule has 3 aromatic rings. The lowest BCUT2D eigenvalue weighted by atomic mass is 9.99. The second-order valence-corrected chi connectivity index (χ2v) is 9.36. The first kappa shape index (κ1) is 24.0. The molecule has 0 saturated carbocycles. The number of anilines is 2. The Hall–Kier alpha value is -3.09. The summed E-state index contributed by atoms with van der Waals surface area (Å²) in [6.45, 7) is 4.74. The number of nitrogens with one attached hydrogen (secondary N) is 2. The Morgan fingerprint density at radius 3 is 2.56 bits per heavy atom. The van der Waals surface area contributed by atoms with Crippen molar-refractivity contribution in [1.82, 2.24) is 5.32 Å². The van der Waals surface area contributed by atoms with Gasteiger partial charge >= 0.3 is 0 Å². The summed E-state index contributed by atoms with van der Waals surface area (Å²) < 4.78 is 5.82. The molecule has 1 fully saturated rings. The first-order valence-corrected chi connectivity index (χ1v) is 12.2. The van der Waals surface area contributed by atoms with Crippen molar-refractivity contribution in [2.75, 3.05) is 23.3 Å². The van der Waals surface area contributed by atoms with Gasteiger partial charge in [0.15, 0.2) is 5.11 Å². The molecule has 1 aliphatic heterocycles. The predicted molar refractivity (Wildman–Crippen MR) is 143 cm³/mol. The lowest BCUT2D eigenvalue weighted by Crippen LogP contribution is -2.34. The zero-order valence-corrected chi connectivity index (χ0v) is 20.7. The number of carbonyl (C=O) groups excluding carboxylic acids is 1. The van der Waals surface area contributed by atoms with Gasteiger partial charge in [0, 0.05) is 24.3 Å². The number of amides is 1. The topological polar surface area (TPSA) is 53.6 Å². The van der Waals surface area contributed by atoms with Gasteiger partial charge in [0.05, 0.1) is 10.7 Å². The number of hydrogen-bond donors (Lipinski definition) is 2. The Kier molecular flexibility index (Phi) is 8.03. The summed E-state index contributed by atoms with van der Waals surface area (Å²) in [6.07, 6.45) is 2.34. The maximum Gasteiger partial charge on any atom is 0.257 e. The maximum atomic E-state index is 12.7. The molecule has 176 valence electrons. The fourth-order valence-corrected chi connectivity index (χ4v) is 4.41. The van der Waals surface area contributed by atoms with E-state index in [0.717, 1.165) is 35.9 Å². The summed E-state index contributed by atoms with van der Waals surface area (Å²) in [5.74, 6) is 1.06. The molecule has 1 saturated heterocycles. The Morgan fingerprint density at radius 2 is 1.82 bits per heavy atom. The highest BCUT2D eigenvalue weighted by Crippen LogP contribution is 2.31. The monoisotopic (exact) mass is 493 g/mol. The predicted octanol–water partition coefficient (Wildman–Crippen LogP) is 6.28. The number of hydrogen-bond acceptors (Lipinski definition) is 4. The van der Waals surface area contributed by atoms with Crippen molar-refractivity contribution in [2.24, 2.45) is 5.92 Å². The van der Waals surface area contributed by atoms with Crippen LogP contribution in [0.3, 0.4) is 0 Å². The van der Waals surface area contributed by atoms with E-state index in [9.17, 15) is 4.79 Å². The van der Waals surface area contributed by atoms with Crippen LogP contribution in [-0.2, 0) is 6.61 Å². The van der Waals surface area contributed by atoms with Crippen LogP contribution < -0.4 is 20.3 Å². The van der Waals surface area contributed by atoms with Crippen LogP contribution >= 0.6 is 23.8 Å². The molecule has 5 nitrogen and oxygen atoms in total. The normalized spacial score (nSPS) is 13.9. The minimum absolute atomic E-state index is 0.205. The highest BCUT2D eigenvalue weighted by atomic mass is 35.5. The lowest BCUT2D eigenvalue weighted by molar-refractivity contribution is 0.0977. The SMILES string of the molecule is CC1CCN(c2ccc(NC(=S)NC(=O)c3cccc(OCc4ccccc4)c3)cc2Cl)CC1. The Balaban J connectivity index is 1.32. The molecule has 2 N–H and O–H groups in total. The van der Waals surface area contributed by atoms with Crippen LogP contribution in [0.4, 0.5) is 11.4 Å². The maximum absolute atomic E-state index is 12.7. The van der Waals surface area contributed by atoms with E-state index in [0.29, 0.717) is 22.9 Å². The number of rotatable bonds is 6. The van der Waals surface area contributed by atoms with E-state index in [1.165, 1.54) is 12.8 Å². The molecule has 34 heavy (non-hydrogen) atoms. The number of piperidine rings is 1. The molecule has 0 unspecified atom stereocenters. The Bertz CT molecular complexity index is 1150. The van der Waals surface area contributed by atoms with E-state index >= 15 is 0 Å². The molecular formula is C27H28ClN3O2S. The molecular weight excluding hydrogens is 466 g/mol. The molecule has 0 spiro atoms. The van der Waals surface area contributed by atoms with Crippen molar-refractivity contribution < 1.29 is 9.53 Å². The minimum atomic E-state index is -0.312. The summed E-state index contributed by atoms with van der Waals surface area (Å²) in [7, 11) is 0. The van der Waals surface area contributed by atoms with Gasteiger partial charge in [-0.15, -0.1) is 0 Å². The standard InChI is InChI=1S/C27H28ClN3O2S/c1-19-12-14-31(15-13-19)25-11-10-22(17-24(25)28)29-27(34)30-26(32)21-8-5-9-23(16-21)33-18-20-6-3-2-4-7-20/h2-11,16-17,19H,12-15,18H2,1H3,(H2,29,30,32,34). The molecule has 4 rings (SSSR count). The fraction of sp³-hybridized carbons (Fsp3) is 0.259. The number of halogens is 1. The zero-order valence-electron chi connectivity index (χ0n) is 19.1. The van der Waals surface area contributed by atoms with Gasteiger partial charge in [-0.3, -0.25) is 10.1 Å². The van der Waals surface area contributed by atoms with Crippen molar-refractivity contribution in [2.45, 2.75) is 26.4 Å². The van der Waals surface area contributed by atoms with Gasteiger partial charge in [-0.05, 0) is 72.9 Å². The average molecular weight is 494 g/mol. The second-order valence-electron chi connectivity index (χ2n) is 8.55. The molecule has 3 aromatic carbocycles. The van der Waals surface area contributed by atoms with Gasteiger partial charge in [-0.2, -0.15) is 0 Å². The van der Waals surface area contributed by atoms with Crippen molar-refractivity contribution >= 4 is 46.2 Å². The third-order valence-electron chi connectivity index (χ3n) is 5.90. The quantitative estimate of drug-likeness (QED) is 0.396. The van der Waals surface area contributed by atoms with Crippen LogP contribution in [0.1, 0.15) is 35.7 Å². The van der Waals surface area contributed by atoms with Crippen LogP contribution in [0.15, 0.2) is 72.8 Å². The van der Waals surface area contributed by atoms with E-state index in [4.69, 9.17) is 28.6 Å².